The Bertz CT molecular complexity index is 616. The van der Waals surface area contributed by atoms with E-state index in [1.807, 2.05) is 13.8 Å². The Kier molecular flexibility index (Phi) is 6.74. The number of hydrogen-bond donors (Lipinski definition) is 1. The zero-order valence-corrected chi connectivity index (χ0v) is 16.9. The van der Waals surface area contributed by atoms with Crippen LogP contribution in [-0.4, -0.2) is 59.7 Å². The molecule has 3 heterocycles. The summed E-state index contributed by atoms with van der Waals surface area (Å²) in [5.41, 5.74) is 0. The first kappa shape index (κ1) is 19.7. The Balaban J connectivity index is 1.64. The first-order valence-electron chi connectivity index (χ1n) is 10.3. The maximum Gasteiger partial charge on any atom is 0.317 e. The molecular weight excluding hydrogens is 342 g/mol. The highest BCUT2D eigenvalue weighted by molar-refractivity contribution is 5.74. The lowest BCUT2D eigenvalue weighted by Crippen LogP contribution is -2.52. The quantitative estimate of drug-likeness (QED) is 0.876. The van der Waals surface area contributed by atoms with Crippen molar-refractivity contribution in [2.24, 2.45) is 5.92 Å². The number of piperidine rings is 1. The van der Waals surface area contributed by atoms with Gasteiger partial charge in [-0.2, -0.15) is 4.98 Å². The number of methoxy groups -OCH3 is 1. The van der Waals surface area contributed by atoms with E-state index >= 15 is 0 Å². The van der Waals surface area contributed by atoms with Gasteiger partial charge >= 0.3 is 6.03 Å². The van der Waals surface area contributed by atoms with Crippen molar-refractivity contribution in [3.8, 4) is 5.88 Å². The average Bonchev–Trinajstić information content (AvgIpc) is 2.94. The number of likely N-dealkylation sites (tertiary alicyclic amines) is 1. The molecule has 2 saturated heterocycles. The first-order valence-corrected chi connectivity index (χ1v) is 10.3. The predicted octanol–water partition coefficient (Wildman–Crippen LogP) is 3.06. The Morgan fingerprint density at radius 2 is 1.96 bits per heavy atom. The van der Waals surface area contributed by atoms with Crippen LogP contribution < -0.4 is 15.0 Å². The second-order valence-electron chi connectivity index (χ2n) is 7.94. The van der Waals surface area contributed by atoms with Gasteiger partial charge in [0.05, 0.1) is 7.11 Å². The molecule has 7 nitrogen and oxygen atoms in total. The fourth-order valence-corrected chi connectivity index (χ4v) is 4.29. The minimum atomic E-state index is 0.107. The molecule has 0 unspecified atom stereocenters. The van der Waals surface area contributed by atoms with E-state index in [-0.39, 0.29) is 12.1 Å². The van der Waals surface area contributed by atoms with Gasteiger partial charge in [0.2, 0.25) is 11.8 Å². The van der Waals surface area contributed by atoms with Crippen molar-refractivity contribution in [3.05, 3.63) is 12.3 Å². The highest BCUT2D eigenvalue weighted by Crippen LogP contribution is 2.31. The van der Waals surface area contributed by atoms with Crippen LogP contribution in [0.1, 0.15) is 52.4 Å². The summed E-state index contributed by atoms with van der Waals surface area (Å²) in [5.74, 6) is 1.88. The largest absolute Gasteiger partial charge is 0.481 e. The summed E-state index contributed by atoms with van der Waals surface area (Å²) >= 11 is 0. The van der Waals surface area contributed by atoms with Crippen molar-refractivity contribution in [3.63, 3.8) is 0 Å². The van der Waals surface area contributed by atoms with Crippen LogP contribution >= 0.6 is 0 Å². The van der Waals surface area contributed by atoms with Crippen LogP contribution in [0.3, 0.4) is 0 Å². The van der Waals surface area contributed by atoms with Crippen LogP contribution in [0.4, 0.5) is 10.7 Å². The molecule has 1 N–H and O–H groups in total. The Hall–Kier alpha value is -2.05. The van der Waals surface area contributed by atoms with Crippen LogP contribution in [0.15, 0.2) is 12.3 Å². The number of anilines is 1. The van der Waals surface area contributed by atoms with E-state index in [9.17, 15) is 4.79 Å². The fourth-order valence-electron chi connectivity index (χ4n) is 4.29. The van der Waals surface area contributed by atoms with Gasteiger partial charge in [0.1, 0.15) is 0 Å². The predicted molar refractivity (Wildman–Crippen MR) is 106 cm³/mol. The number of carbonyl (C=O) groups is 1. The first-order chi connectivity index (χ1) is 13.1. The lowest BCUT2D eigenvalue weighted by Gasteiger charge is -2.40. The molecule has 2 amide bonds. The minimum Gasteiger partial charge on any atom is -0.481 e. The van der Waals surface area contributed by atoms with Gasteiger partial charge in [0.15, 0.2) is 0 Å². The topological polar surface area (TPSA) is 70.6 Å². The van der Waals surface area contributed by atoms with E-state index < -0.39 is 0 Å². The summed E-state index contributed by atoms with van der Waals surface area (Å²) in [4.78, 5) is 26.0. The zero-order chi connectivity index (χ0) is 19.2. The van der Waals surface area contributed by atoms with Crippen molar-refractivity contribution in [2.75, 3.05) is 31.6 Å². The highest BCUT2D eigenvalue weighted by Gasteiger charge is 2.34. The number of aromatic nitrogens is 2. The van der Waals surface area contributed by atoms with Crippen LogP contribution in [-0.2, 0) is 0 Å². The number of carbonyl (C=O) groups excluding carboxylic acids is 1. The molecule has 2 fully saturated rings. The third-order valence-electron chi connectivity index (χ3n) is 5.67. The van der Waals surface area contributed by atoms with Gasteiger partial charge in [-0.1, -0.05) is 12.8 Å². The number of amides is 2. The van der Waals surface area contributed by atoms with Crippen molar-refractivity contribution < 1.29 is 9.53 Å². The molecule has 0 radical (unpaired) electrons. The minimum absolute atomic E-state index is 0.107. The van der Waals surface area contributed by atoms with E-state index in [0.717, 1.165) is 51.3 Å². The molecule has 2 aliphatic heterocycles. The molecule has 0 aromatic carbocycles. The van der Waals surface area contributed by atoms with E-state index in [4.69, 9.17) is 4.74 Å². The summed E-state index contributed by atoms with van der Waals surface area (Å²) in [6, 6.07) is 2.40. The van der Waals surface area contributed by atoms with E-state index in [1.54, 1.807) is 19.4 Å². The lowest BCUT2D eigenvalue weighted by molar-refractivity contribution is 0.135. The second kappa shape index (κ2) is 9.24. The molecule has 150 valence electrons. The summed E-state index contributed by atoms with van der Waals surface area (Å²) < 4.78 is 5.22. The van der Waals surface area contributed by atoms with Gasteiger partial charge in [-0.05, 0) is 45.4 Å². The van der Waals surface area contributed by atoms with Crippen LogP contribution in [0.2, 0.25) is 0 Å². The SMILES string of the molecule is COc1ccnc(N2CCC([C@H]3CCCCCN3C(=O)NC(C)C)CC2)n1. The standard InChI is InChI=1S/C20H33N5O2/c1-15(2)22-20(26)25-12-6-4-5-7-17(25)16-9-13-24(14-10-16)19-21-11-8-18(23-19)27-3/h8,11,15-17H,4-7,9-10,12-14H2,1-3H3,(H,22,26)/t17-/m1/s1. The maximum atomic E-state index is 12.7. The molecule has 7 heteroatoms. The average molecular weight is 376 g/mol. The normalized spacial score (nSPS) is 21.9. The van der Waals surface area contributed by atoms with Crippen molar-refractivity contribution in [1.29, 1.82) is 0 Å². The van der Waals surface area contributed by atoms with Gasteiger partial charge in [-0.3, -0.25) is 0 Å². The van der Waals surface area contributed by atoms with Crippen molar-refractivity contribution in [1.82, 2.24) is 20.2 Å². The smallest absolute Gasteiger partial charge is 0.317 e. The van der Waals surface area contributed by atoms with E-state index in [0.29, 0.717) is 17.8 Å². The molecule has 2 aliphatic rings. The third kappa shape index (κ3) is 5.02. The lowest BCUT2D eigenvalue weighted by atomic mass is 9.86. The van der Waals surface area contributed by atoms with Crippen molar-refractivity contribution >= 4 is 12.0 Å². The molecule has 3 rings (SSSR count). The van der Waals surface area contributed by atoms with Gasteiger partial charge in [0.25, 0.3) is 0 Å². The number of nitrogens with one attached hydrogen (secondary N) is 1. The molecule has 0 saturated carbocycles. The number of ether oxygens (including phenoxy) is 1. The molecule has 0 bridgehead atoms. The second-order valence-corrected chi connectivity index (χ2v) is 7.94. The Labute approximate surface area is 162 Å². The maximum absolute atomic E-state index is 12.7. The van der Waals surface area contributed by atoms with Crippen LogP contribution in [0.25, 0.3) is 0 Å². The molecular formula is C20H33N5O2. The highest BCUT2D eigenvalue weighted by atomic mass is 16.5. The van der Waals surface area contributed by atoms with Gasteiger partial charge < -0.3 is 19.9 Å². The van der Waals surface area contributed by atoms with E-state index in [1.165, 1.54) is 12.8 Å². The summed E-state index contributed by atoms with van der Waals surface area (Å²) in [6.07, 6.45) is 8.54. The molecule has 1 aromatic heterocycles. The van der Waals surface area contributed by atoms with Gasteiger partial charge in [-0.15, -0.1) is 0 Å². The number of rotatable bonds is 4. The molecule has 1 atom stereocenters. The summed E-state index contributed by atoms with van der Waals surface area (Å²) in [6.45, 7) is 6.78. The third-order valence-corrected chi connectivity index (χ3v) is 5.67. The molecule has 27 heavy (non-hydrogen) atoms. The Morgan fingerprint density at radius 1 is 1.19 bits per heavy atom. The number of urea groups is 1. The molecule has 1 aromatic rings. The summed E-state index contributed by atoms with van der Waals surface area (Å²) in [5, 5.41) is 3.10. The molecule has 0 spiro atoms. The van der Waals surface area contributed by atoms with Gasteiger partial charge in [-0.25, -0.2) is 9.78 Å². The van der Waals surface area contributed by atoms with Crippen LogP contribution in [0.5, 0.6) is 5.88 Å². The van der Waals surface area contributed by atoms with Crippen LogP contribution in [0, 0.1) is 5.92 Å². The van der Waals surface area contributed by atoms with Crippen molar-refractivity contribution in [2.45, 2.75) is 64.5 Å². The van der Waals surface area contributed by atoms with Gasteiger partial charge in [0, 0.05) is 44.0 Å². The Morgan fingerprint density at radius 3 is 2.67 bits per heavy atom. The fraction of sp³-hybridized carbons (Fsp3) is 0.750. The number of nitrogens with zero attached hydrogens (tertiary/aromatic N) is 4. The summed E-state index contributed by atoms with van der Waals surface area (Å²) in [7, 11) is 1.63. The van der Waals surface area contributed by atoms with E-state index in [2.05, 4.69) is 25.1 Å². The monoisotopic (exact) mass is 375 g/mol. The number of hydrogen-bond acceptors (Lipinski definition) is 5. The zero-order valence-electron chi connectivity index (χ0n) is 16.9. The molecule has 0 aliphatic carbocycles.